The Hall–Kier alpha value is -1.07. The van der Waals surface area contributed by atoms with Crippen LogP contribution in [0.3, 0.4) is 0 Å². The predicted molar refractivity (Wildman–Crippen MR) is 90.5 cm³/mol. The molecule has 0 spiro atoms. The Morgan fingerprint density at radius 2 is 2.14 bits per heavy atom. The van der Waals surface area contributed by atoms with Crippen LogP contribution >= 0.6 is 15.9 Å². The van der Waals surface area contributed by atoms with Gasteiger partial charge in [-0.3, -0.25) is 4.99 Å². The van der Waals surface area contributed by atoms with Crippen molar-refractivity contribution >= 4 is 21.9 Å². The maximum atomic E-state index is 10.2. The molecule has 0 amide bonds. The molecule has 0 aliphatic heterocycles. The van der Waals surface area contributed by atoms with Gasteiger partial charge in [0.15, 0.2) is 5.96 Å². The van der Waals surface area contributed by atoms with Gasteiger partial charge < -0.3 is 15.7 Å². The number of rotatable bonds is 5. The molecule has 0 bridgehead atoms. The molecule has 4 nitrogen and oxygen atoms in total. The lowest BCUT2D eigenvalue weighted by Gasteiger charge is -2.35. The van der Waals surface area contributed by atoms with Crippen LogP contribution in [0.2, 0.25) is 0 Å². The molecule has 1 fully saturated rings. The van der Waals surface area contributed by atoms with Crippen molar-refractivity contribution in [3.05, 3.63) is 34.3 Å². The summed E-state index contributed by atoms with van der Waals surface area (Å²) in [5, 5.41) is 16.8. The molecule has 1 aromatic rings. The van der Waals surface area contributed by atoms with Crippen molar-refractivity contribution < 1.29 is 5.11 Å². The molecular weight excluding hydrogens is 330 g/mol. The normalized spacial score (nSPS) is 18.8. The number of nitrogens with one attached hydrogen (secondary N) is 2. The van der Waals surface area contributed by atoms with E-state index < -0.39 is 5.60 Å². The molecule has 0 radical (unpaired) electrons. The van der Waals surface area contributed by atoms with E-state index in [0.717, 1.165) is 36.2 Å². The number of nitrogens with zero attached hydrogens (tertiary/aromatic N) is 1. The second kappa shape index (κ2) is 7.27. The van der Waals surface area contributed by atoms with Crippen molar-refractivity contribution in [1.29, 1.82) is 0 Å². The first-order chi connectivity index (χ1) is 10.0. The third-order valence-electron chi connectivity index (χ3n) is 3.88. The molecule has 1 unspecified atom stereocenters. The summed E-state index contributed by atoms with van der Waals surface area (Å²) in [5.74, 6) is 0.751. The van der Waals surface area contributed by atoms with E-state index in [9.17, 15) is 5.11 Å². The molecule has 0 aromatic heterocycles. The fourth-order valence-electron chi connectivity index (χ4n) is 2.40. The summed E-state index contributed by atoms with van der Waals surface area (Å²) in [7, 11) is 0. The summed E-state index contributed by atoms with van der Waals surface area (Å²) < 4.78 is 1.08. The number of benzene rings is 1. The first-order valence-electron chi connectivity index (χ1n) is 7.56. The summed E-state index contributed by atoms with van der Waals surface area (Å²) in [6.45, 7) is 5.40. The molecule has 116 valence electrons. The highest BCUT2D eigenvalue weighted by Gasteiger charge is 2.34. The minimum atomic E-state index is -0.584. The van der Waals surface area contributed by atoms with Crippen LogP contribution in [0.5, 0.6) is 0 Å². The van der Waals surface area contributed by atoms with Gasteiger partial charge in [0.25, 0.3) is 0 Å². The molecule has 1 aliphatic carbocycles. The Balaban J connectivity index is 2.01. The molecule has 0 saturated heterocycles. The van der Waals surface area contributed by atoms with Gasteiger partial charge in [0, 0.05) is 11.0 Å². The van der Waals surface area contributed by atoms with Crippen LogP contribution in [0.4, 0.5) is 0 Å². The molecule has 1 aromatic carbocycles. The van der Waals surface area contributed by atoms with Gasteiger partial charge in [-0.05, 0) is 44.7 Å². The average Bonchev–Trinajstić information content (AvgIpc) is 2.43. The highest BCUT2D eigenvalue weighted by atomic mass is 79.9. The number of guanidine groups is 1. The largest absolute Gasteiger partial charge is 0.388 e. The summed E-state index contributed by atoms with van der Waals surface area (Å²) in [5.41, 5.74) is 0.601. The van der Waals surface area contributed by atoms with Gasteiger partial charge in [0.05, 0.1) is 18.2 Å². The van der Waals surface area contributed by atoms with E-state index in [1.807, 2.05) is 25.1 Å². The van der Waals surface area contributed by atoms with Gasteiger partial charge in [0.2, 0.25) is 0 Å². The smallest absolute Gasteiger partial charge is 0.191 e. The van der Waals surface area contributed by atoms with Crippen LogP contribution < -0.4 is 10.6 Å². The maximum Gasteiger partial charge on any atom is 0.191 e. The third-order valence-corrected chi connectivity index (χ3v) is 4.61. The SMILES string of the molecule is CCNC(=NCC1(O)CCC1)NC(C)c1ccccc1Br. The summed E-state index contributed by atoms with van der Waals surface area (Å²) >= 11 is 3.58. The highest BCUT2D eigenvalue weighted by molar-refractivity contribution is 9.10. The van der Waals surface area contributed by atoms with E-state index in [1.165, 1.54) is 5.56 Å². The Bertz CT molecular complexity index is 500. The Kier molecular flexibility index (Phi) is 5.65. The number of aliphatic imine (C=N–C) groups is 1. The Morgan fingerprint density at radius 1 is 1.43 bits per heavy atom. The predicted octanol–water partition coefficient (Wildman–Crippen LogP) is 2.98. The molecule has 1 atom stereocenters. The van der Waals surface area contributed by atoms with Crippen molar-refractivity contribution in [3.63, 3.8) is 0 Å². The minimum absolute atomic E-state index is 0.134. The fourth-order valence-corrected chi connectivity index (χ4v) is 3.03. The summed E-state index contributed by atoms with van der Waals surface area (Å²) in [4.78, 5) is 4.53. The topological polar surface area (TPSA) is 56.7 Å². The van der Waals surface area contributed by atoms with Crippen LogP contribution in [0.25, 0.3) is 0 Å². The van der Waals surface area contributed by atoms with Gasteiger partial charge in [0.1, 0.15) is 0 Å². The van der Waals surface area contributed by atoms with E-state index in [2.05, 4.69) is 44.5 Å². The number of hydrogen-bond acceptors (Lipinski definition) is 2. The lowest BCUT2D eigenvalue weighted by molar-refractivity contribution is -0.0236. The minimum Gasteiger partial charge on any atom is -0.388 e. The zero-order chi connectivity index (χ0) is 15.3. The van der Waals surface area contributed by atoms with E-state index in [-0.39, 0.29) is 6.04 Å². The van der Waals surface area contributed by atoms with Gasteiger partial charge in [-0.1, -0.05) is 34.1 Å². The molecule has 1 saturated carbocycles. The van der Waals surface area contributed by atoms with Crippen LogP contribution in [0, 0.1) is 0 Å². The third kappa shape index (κ3) is 4.45. The van der Waals surface area contributed by atoms with Gasteiger partial charge in [-0.2, -0.15) is 0 Å². The Morgan fingerprint density at radius 3 is 2.71 bits per heavy atom. The van der Waals surface area contributed by atoms with E-state index in [4.69, 9.17) is 0 Å². The average molecular weight is 354 g/mol. The van der Waals surface area contributed by atoms with Crippen LogP contribution in [0.15, 0.2) is 33.7 Å². The quantitative estimate of drug-likeness (QED) is 0.563. The zero-order valence-electron chi connectivity index (χ0n) is 12.7. The van der Waals surface area contributed by atoms with Gasteiger partial charge in [-0.15, -0.1) is 0 Å². The molecular formula is C16H24BrN3O. The van der Waals surface area contributed by atoms with Crippen molar-refractivity contribution in [3.8, 4) is 0 Å². The van der Waals surface area contributed by atoms with Gasteiger partial charge in [-0.25, -0.2) is 0 Å². The molecule has 2 rings (SSSR count). The second-order valence-corrected chi connectivity index (χ2v) is 6.51. The summed E-state index contributed by atoms with van der Waals surface area (Å²) in [6, 6.07) is 8.29. The lowest BCUT2D eigenvalue weighted by atomic mass is 9.80. The highest BCUT2D eigenvalue weighted by Crippen LogP contribution is 2.31. The standard InChI is InChI=1S/C16H24BrN3O/c1-3-18-15(19-11-16(21)9-6-10-16)20-12(2)13-7-4-5-8-14(13)17/h4-5,7-8,12,21H,3,6,9-11H2,1-2H3,(H2,18,19,20). The number of hydrogen-bond donors (Lipinski definition) is 3. The van der Waals surface area contributed by atoms with Crippen molar-refractivity contribution in [1.82, 2.24) is 10.6 Å². The lowest BCUT2D eigenvalue weighted by Crippen LogP contribution is -2.43. The summed E-state index contributed by atoms with van der Waals surface area (Å²) in [6.07, 6.45) is 2.81. The van der Waals surface area contributed by atoms with Crippen LogP contribution in [-0.2, 0) is 0 Å². The van der Waals surface area contributed by atoms with E-state index >= 15 is 0 Å². The molecule has 3 N–H and O–H groups in total. The number of aliphatic hydroxyl groups is 1. The van der Waals surface area contributed by atoms with Gasteiger partial charge >= 0.3 is 0 Å². The van der Waals surface area contributed by atoms with E-state index in [0.29, 0.717) is 6.54 Å². The molecule has 21 heavy (non-hydrogen) atoms. The second-order valence-electron chi connectivity index (χ2n) is 5.66. The van der Waals surface area contributed by atoms with Crippen LogP contribution in [-0.4, -0.2) is 29.8 Å². The fraction of sp³-hybridized carbons (Fsp3) is 0.562. The first-order valence-corrected chi connectivity index (χ1v) is 8.35. The Labute approximate surface area is 135 Å². The number of halogens is 1. The molecule has 0 heterocycles. The zero-order valence-corrected chi connectivity index (χ0v) is 14.3. The van der Waals surface area contributed by atoms with Crippen molar-refractivity contribution in [2.75, 3.05) is 13.1 Å². The van der Waals surface area contributed by atoms with E-state index in [1.54, 1.807) is 0 Å². The molecule has 5 heteroatoms. The molecule has 1 aliphatic rings. The van der Waals surface area contributed by atoms with Crippen LogP contribution in [0.1, 0.15) is 44.7 Å². The van der Waals surface area contributed by atoms with Crippen molar-refractivity contribution in [2.24, 2.45) is 4.99 Å². The first kappa shape index (κ1) is 16.3. The monoisotopic (exact) mass is 353 g/mol. The maximum absolute atomic E-state index is 10.2. The van der Waals surface area contributed by atoms with Crippen molar-refractivity contribution in [2.45, 2.75) is 44.8 Å².